The second-order valence-electron chi connectivity index (χ2n) is 1.98. The minimum absolute atomic E-state index is 0.370. The lowest BCUT2D eigenvalue weighted by molar-refractivity contribution is 1.05. The summed E-state index contributed by atoms with van der Waals surface area (Å²) in [6.45, 7) is 4.62. The number of nitrogens with one attached hydrogen (secondary N) is 1. The zero-order valence-corrected chi connectivity index (χ0v) is 8.65. The van der Waals surface area contributed by atoms with Crippen LogP contribution in [-0.4, -0.2) is 19.4 Å². The van der Waals surface area contributed by atoms with Crippen LogP contribution < -0.4 is 4.65 Å². The highest BCUT2D eigenvalue weighted by Gasteiger charge is 1.93. The predicted molar refractivity (Wildman–Crippen MR) is 41.2 cm³/mol. The predicted octanol–water partition coefficient (Wildman–Crippen LogP) is -0.380. The van der Waals surface area contributed by atoms with Crippen molar-refractivity contribution in [3.8, 4) is 0 Å². The van der Waals surface area contributed by atoms with E-state index in [-0.39, 0.29) is 8.96 Å². The Labute approximate surface area is 50.7 Å². The maximum Gasteiger partial charge on any atom is 0.0981 e. The second kappa shape index (κ2) is 4.55. The molecular formula is C4H15NSi2. The van der Waals surface area contributed by atoms with Crippen LogP contribution in [0.1, 0.15) is 13.3 Å². The lowest BCUT2D eigenvalue weighted by Crippen LogP contribution is -2.26. The van der Waals surface area contributed by atoms with Gasteiger partial charge < -0.3 is 4.65 Å². The van der Waals surface area contributed by atoms with Crippen molar-refractivity contribution in [1.29, 1.82) is 0 Å². The molecule has 0 spiro atoms. The topological polar surface area (TPSA) is 12.0 Å². The molecule has 0 aliphatic rings. The molecule has 0 aromatic heterocycles. The molecule has 0 aromatic rings. The van der Waals surface area contributed by atoms with Gasteiger partial charge in [0, 0.05) is 0 Å². The van der Waals surface area contributed by atoms with Gasteiger partial charge in [0.1, 0.15) is 0 Å². The minimum atomic E-state index is -0.370. The molecule has 0 aromatic carbocycles. The molecular weight excluding hydrogens is 118 g/mol. The van der Waals surface area contributed by atoms with E-state index in [0.717, 1.165) is 0 Å². The van der Waals surface area contributed by atoms with Crippen molar-refractivity contribution >= 4 is 19.4 Å². The highest BCUT2D eigenvalue weighted by Crippen LogP contribution is 1.89. The van der Waals surface area contributed by atoms with Crippen molar-refractivity contribution in [2.45, 2.75) is 25.9 Å². The molecule has 0 fully saturated rings. The summed E-state index contributed by atoms with van der Waals surface area (Å²) in [4.78, 5) is 0. The van der Waals surface area contributed by atoms with Gasteiger partial charge in [-0.15, -0.1) is 0 Å². The maximum absolute atomic E-state index is 3.44. The Morgan fingerprint density at radius 2 is 2.29 bits per heavy atom. The summed E-state index contributed by atoms with van der Waals surface area (Å²) in [5.41, 5.74) is 0. The highest BCUT2D eigenvalue weighted by molar-refractivity contribution is 6.60. The first-order valence-corrected chi connectivity index (χ1v) is 6.53. The van der Waals surface area contributed by atoms with Gasteiger partial charge in [-0.25, -0.2) is 0 Å². The maximum atomic E-state index is 3.44. The van der Waals surface area contributed by atoms with E-state index in [0.29, 0.717) is 0 Å². The Morgan fingerprint density at radius 1 is 1.71 bits per heavy atom. The Bertz CT molecular complexity index is 40.7. The van der Waals surface area contributed by atoms with E-state index in [1.54, 1.807) is 0 Å². The van der Waals surface area contributed by atoms with Crippen LogP contribution in [0.2, 0.25) is 12.6 Å². The van der Waals surface area contributed by atoms with E-state index in [2.05, 4.69) is 18.1 Å². The van der Waals surface area contributed by atoms with Crippen LogP contribution in [0.5, 0.6) is 0 Å². The van der Waals surface area contributed by atoms with Gasteiger partial charge in [0.05, 0.1) is 19.4 Å². The molecule has 0 heterocycles. The van der Waals surface area contributed by atoms with E-state index < -0.39 is 0 Å². The third kappa shape index (κ3) is 4.24. The summed E-state index contributed by atoms with van der Waals surface area (Å²) >= 11 is 0. The first-order valence-electron chi connectivity index (χ1n) is 2.98. The summed E-state index contributed by atoms with van der Waals surface area (Å²) in [6, 6.07) is 1.46. The molecule has 3 heteroatoms. The van der Waals surface area contributed by atoms with Crippen LogP contribution >= 0.6 is 0 Å². The lowest BCUT2D eigenvalue weighted by Gasteiger charge is -2.03. The van der Waals surface area contributed by atoms with E-state index in [9.17, 15) is 0 Å². The Hall–Kier alpha value is 0.394. The van der Waals surface area contributed by atoms with Gasteiger partial charge in [-0.3, -0.25) is 0 Å². The standard InChI is InChI=1S/C4H15NSi2/c1-3-4-7(2)5-6/h5,7H,3-4H2,1-2,6H3. The van der Waals surface area contributed by atoms with Gasteiger partial charge in [-0.05, 0) is 6.04 Å². The molecule has 0 aliphatic carbocycles. The summed E-state index contributed by atoms with van der Waals surface area (Å²) in [6.07, 6.45) is 1.36. The second-order valence-corrected chi connectivity index (χ2v) is 6.67. The van der Waals surface area contributed by atoms with E-state index in [4.69, 9.17) is 0 Å². The van der Waals surface area contributed by atoms with Gasteiger partial charge in [0.2, 0.25) is 0 Å². The van der Waals surface area contributed by atoms with E-state index in [1.165, 1.54) is 22.9 Å². The van der Waals surface area contributed by atoms with Gasteiger partial charge in [0.15, 0.2) is 0 Å². The Kier molecular flexibility index (Phi) is 4.81. The first-order chi connectivity index (χ1) is 3.31. The van der Waals surface area contributed by atoms with Gasteiger partial charge in [0.25, 0.3) is 0 Å². The summed E-state index contributed by atoms with van der Waals surface area (Å²) in [5, 5.41) is 0. The molecule has 0 bridgehead atoms. The monoisotopic (exact) mass is 133 g/mol. The molecule has 1 atom stereocenters. The zero-order valence-electron chi connectivity index (χ0n) is 5.49. The third-order valence-electron chi connectivity index (χ3n) is 1.21. The van der Waals surface area contributed by atoms with Crippen molar-refractivity contribution in [1.82, 2.24) is 4.65 Å². The van der Waals surface area contributed by atoms with Crippen molar-refractivity contribution < 1.29 is 0 Å². The quantitative estimate of drug-likeness (QED) is 0.518. The fourth-order valence-electron chi connectivity index (χ4n) is 0.577. The van der Waals surface area contributed by atoms with E-state index >= 15 is 0 Å². The average molecular weight is 133 g/mol. The number of hydrogen-bond acceptors (Lipinski definition) is 1. The number of rotatable bonds is 3. The fourth-order valence-corrected chi connectivity index (χ4v) is 2.60. The van der Waals surface area contributed by atoms with Crippen LogP contribution in [-0.2, 0) is 0 Å². The van der Waals surface area contributed by atoms with Crippen molar-refractivity contribution in [2.75, 3.05) is 0 Å². The molecule has 1 N–H and O–H groups in total. The lowest BCUT2D eigenvalue weighted by atomic mass is 10.6. The largest absolute Gasteiger partial charge is 0.369 e. The Morgan fingerprint density at radius 3 is 2.43 bits per heavy atom. The SMILES string of the molecule is CCC[SiH](C)N[SiH3]. The van der Waals surface area contributed by atoms with Crippen molar-refractivity contribution in [3.05, 3.63) is 0 Å². The van der Waals surface area contributed by atoms with Crippen molar-refractivity contribution in [3.63, 3.8) is 0 Å². The molecule has 44 valence electrons. The smallest absolute Gasteiger partial charge is 0.0981 e. The fraction of sp³-hybridized carbons (Fsp3) is 1.00. The van der Waals surface area contributed by atoms with Crippen LogP contribution in [0.25, 0.3) is 0 Å². The van der Waals surface area contributed by atoms with Crippen LogP contribution in [0.15, 0.2) is 0 Å². The molecule has 0 saturated carbocycles. The van der Waals surface area contributed by atoms with Gasteiger partial charge >= 0.3 is 0 Å². The summed E-state index contributed by atoms with van der Waals surface area (Å²) in [5.74, 6) is 0. The molecule has 0 rings (SSSR count). The summed E-state index contributed by atoms with van der Waals surface area (Å²) < 4.78 is 3.44. The average Bonchev–Trinajstić information content (AvgIpc) is 1.68. The molecule has 0 saturated heterocycles. The number of hydrogen-bond donors (Lipinski definition) is 1. The molecule has 0 aliphatic heterocycles. The molecule has 1 unspecified atom stereocenters. The van der Waals surface area contributed by atoms with Crippen LogP contribution in [0.4, 0.5) is 0 Å². The van der Waals surface area contributed by atoms with Gasteiger partial charge in [-0.1, -0.05) is 19.9 Å². The van der Waals surface area contributed by atoms with Gasteiger partial charge in [-0.2, -0.15) is 0 Å². The van der Waals surface area contributed by atoms with Crippen LogP contribution in [0, 0.1) is 0 Å². The minimum Gasteiger partial charge on any atom is -0.369 e. The Balaban J connectivity index is 2.83. The van der Waals surface area contributed by atoms with Crippen LogP contribution in [0.3, 0.4) is 0 Å². The molecule has 0 radical (unpaired) electrons. The molecule has 1 nitrogen and oxygen atoms in total. The molecule has 7 heavy (non-hydrogen) atoms. The first kappa shape index (κ1) is 7.39. The van der Waals surface area contributed by atoms with Crippen molar-refractivity contribution in [2.24, 2.45) is 0 Å². The highest BCUT2D eigenvalue weighted by atomic mass is 28.3. The molecule has 0 amide bonds. The zero-order chi connectivity index (χ0) is 5.70. The summed E-state index contributed by atoms with van der Waals surface area (Å²) in [7, 11) is 0.829. The third-order valence-corrected chi connectivity index (χ3v) is 6.60. The van der Waals surface area contributed by atoms with E-state index in [1.807, 2.05) is 0 Å². The normalized spacial score (nSPS) is 14.6.